The molecule has 0 unspecified atom stereocenters. The van der Waals surface area contributed by atoms with E-state index in [-0.39, 0.29) is 25.5 Å². The Balaban J connectivity index is 1.76. The molecule has 1 fully saturated rings. The van der Waals surface area contributed by atoms with Gasteiger partial charge >= 0.3 is 18.0 Å². The molecule has 1 aromatic carbocycles. The molecule has 11 heteroatoms. The number of carbonyl (C=O) groups excluding carboxylic acids is 2. The van der Waals surface area contributed by atoms with Crippen LogP contribution in [0.25, 0.3) is 0 Å². The zero-order valence-electron chi connectivity index (χ0n) is 18.8. The number of benzene rings is 1. The van der Waals surface area contributed by atoms with E-state index in [0.717, 1.165) is 5.56 Å². The Morgan fingerprint density at radius 2 is 1.64 bits per heavy atom. The van der Waals surface area contributed by atoms with Crippen LogP contribution in [-0.4, -0.2) is 63.9 Å². The number of nitro groups is 1. The van der Waals surface area contributed by atoms with Gasteiger partial charge in [-0.1, -0.05) is 30.3 Å². The van der Waals surface area contributed by atoms with Gasteiger partial charge in [-0.15, -0.1) is 0 Å². The van der Waals surface area contributed by atoms with Crippen LogP contribution in [0.4, 0.5) is 21.1 Å². The lowest BCUT2D eigenvalue weighted by Crippen LogP contribution is -2.52. The minimum Gasteiger partial charge on any atom is -0.443 e. The molecule has 3 rings (SSSR count). The molecule has 1 saturated heterocycles. The number of nitrogens with zero attached hydrogens (tertiary/aromatic N) is 5. The quantitative estimate of drug-likeness (QED) is 0.505. The summed E-state index contributed by atoms with van der Waals surface area (Å²) in [5, 5.41) is 13.3. The minimum atomic E-state index is -0.745. The fourth-order valence-corrected chi connectivity index (χ4v) is 3.20. The molecule has 0 atom stereocenters. The van der Waals surface area contributed by atoms with Gasteiger partial charge in [0, 0.05) is 19.2 Å². The van der Waals surface area contributed by atoms with Crippen molar-refractivity contribution in [2.45, 2.75) is 33.0 Å². The molecule has 33 heavy (non-hydrogen) atoms. The van der Waals surface area contributed by atoms with Gasteiger partial charge in [0.2, 0.25) is 0 Å². The number of hydrogen-bond donors (Lipinski definition) is 0. The zero-order chi connectivity index (χ0) is 24.0. The number of hydrogen-bond acceptors (Lipinski definition) is 8. The Labute approximate surface area is 191 Å². The van der Waals surface area contributed by atoms with Gasteiger partial charge < -0.3 is 24.5 Å². The number of ether oxygens (including phenoxy) is 2. The summed E-state index contributed by atoms with van der Waals surface area (Å²) in [7, 11) is 0. The van der Waals surface area contributed by atoms with Crippen molar-refractivity contribution in [3.05, 3.63) is 64.3 Å². The minimum absolute atomic E-state index is 0.0638. The molecule has 1 aliphatic rings. The van der Waals surface area contributed by atoms with E-state index in [4.69, 9.17) is 9.47 Å². The van der Waals surface area contributed by atoms with Gasteiger partial charge in [0.15, 0.2) is 6.20 Å². The van der Waals surface area contributed by atoms with Crippen LogP contribution in [0.2, 0.25) is 0 Å². The van der Waals surface area contributed by atoms with Crippen LogP contribution < -0.4 is 4.90 Å². The lowest BCUT2D eigenvalue weighted by molar-refractivity contribution is -0.389. The normalized spacial score (nSPS) is 14.5. The molecule has 0 radical (unpaired) electrons. The van der Waals surface area contributed by atoms with Gasteiger partial charge in [-0.05, 0) is 42.3 Å². The standard InChI is InChI=1S/C22H27N5O6/c1-22(2,3)33-21(29)26-14-12-24(18-9-10-19(23-15-18)27(30)31)11-13-25(26)20(28)32-16-17-7-5-4-6-8-17/h4-10,15H,11-14,16H2,1-3H3. The van der Waals surface area contributed by atoms with Crippen molar-refractivity contribution in [3.8, 4) is 0 Å². The van der Waals surface area contributed by atoms with E-state index in [9.17, 15) is 19.7 Å². The van der Waals surface area contributed by atoms with Crippen LogP contribution >= 0.6 is 0 Å². The van der Waals surface area contributed by atoms with Crippen LogP contribution in [0.1, 0.15) is 26.3 Å². The number of amides is 2. The number of hydrazine groups is 1. The van der Waals surface area contributed by atoms with Crippen molar-refractivity contribution in [1.82, 2.24) is 15.0 Å². The third kappa shape index (κ3) is 6.55. The first-order valence-electron chi connectivity index (χ1n) is 10.5. The van der Waals surface area contributed by atoms with Gasteiger partial charge in [-0.2, -0.15) is 0 Å². The highest BCUT2D eigenvalue weighted by molar-refractivity contribution is 5.74. The largest absolute Gasteiger partial charge is 0.443 e. The third-order valence-electron chi connectivity index (χ3n) is 4.76. The summed E-state index contributed by atoms with van der Waals surface area (Å²) < 4.78 is 10.9. The van der Waals surface area contributed by atoms with Crippen molar-refractivity contribution < 1.29 is 24.0 Å². The lowest BCUT2D eigenvalue weighted by Gasteiger charge is -2.33. The van der Waals surface area contributed by atoms with Crippen LogP contribution in [-0.2, 0) is 16.1 Å². The van der Waals surface area contributed by atoms with E-state index in [0.29, 0.717) is 18.8 Å². The van der Waals surface area contributed by atoms with Crippen molar-refractivity contribution in [2.75, 3.05) is 31.1 Å². The maximum Gasteiger partial charge on any atom is 0.429 e. The van der Waals surface area contributed by atoms with Crippen molar-refractivity contribution in [3.63, 3.8) is 0 Å². The van der Waals surface area contributed by atoms with Crippen LogP contribution in [0.15, 0.2) is 48.7 Å². The molecule has 11 nitrogen and oxygen atoms in total. The van der Waals surface area contributed by atoms with Gasteiger partial charge in [0.05, 0.1) is 18.8 Å². The predicted octanol–water partition coefficient (Wildman–Crippen LogP) is 3.60. The van der Waals surface area contributed by atoms with Crippen LogP contribution in [0.5, 0.6) is 0 Å². The first-order valence-corrected chi connectivity index (χ1v) is 10.5. The summed E-state index contributed by atoms with van der Waals surface area (Å²) >= 11 is 0. The summed E-state index contributed by atoms with van der Waals surface area (Å²) in [6.07, 6.45) is 0.0653. The molecule has 0 bridgehead atoms. The summed E-state index contributed by atoms with van der Waals surface area (Å²) in [6, 6.07) is 12.1. The van der Waals surface area contributed by atoms with E-state index in [1.54, 1.807) is 26.8 Å². The summed E-state index contributed by atoms with van der Waals surface area (Å²) in [5.41, 5.74) is 0.720. The molecular weight excluding hydrogens is 430 g/mol. The van der Waals surface area contributed by atoms with Crippen molar-refractivity contribution >= 4 is 23.7 Å². The predicted molar refractivity (Wildman–Crippen MR) is 119 cm³/mol. The summed E-state index contributed by atoms with van der Waals surface area (Å²) in [6.45, 7) is 6.31. The topological polar surface area (TPSA) is 118 Å². The number of rotatable bonds is 4. The highest BCUT2D eigenvalue weighted by Crippen LogP contribution is 2.20. The summed E-state index contributed by atoms with van der Waals surface area (Å²) in [4.78, 5) is 41.8. The Morgan fingerprint density at radius 1 is 1.00 bits per heavy atom. The lowest BCUT2D eigenvalue weighted by atomic mass is 10.2. The maximum atomic E-state index is 12.9. The van der Waals surface area contributed by atoms with Crippen molar-refractivity contribution in [1.29, 1.82) is 0 Å². The first-order chi connectivity index (χ1) is 15.6. The van der Waals surface area contributed by atoms with E-state index in [1.165, 1.54) is 22.3 Å². The molecule has 0 N–H and O–H groups in total. The van der Waals surface area contributed by atoms with Crippen LogP contribution in [0.3, 0.4) is 0 Å². The first kappa shape index (κ1) is 23.8. The fraction of sp³-hybridized carbons (Fsp3) is 0.409. The molecule has 2 heterocycles. The highest BCUT2D eigenvalue weighted by atomic mass is 16.6. The second-order valence-electron chi connectivity index (χ2n) is 8.39. The Morgan fingerprint density at radius 3 is 2.18 bits per heavy atom. The zero-order valence-corrected chi connectivity index (χ0v) is 18.8. The fourth-order valence-electron chi connectivity index (χ4n) is 3.20. The molecule has 0 saturated carbocycles. The Hall–Kier alpha value is -3.89. The summed E-state index contributed by atoms with van der Waals surface area (Å²) in [5.74, 6) is -0.255. The van der Waals surface area contributed by atoms with E-state index >= 15 is 0 Å². The van der Waals surface area contributed by atoms with Gasteiger partial charge in [-0.3, -0.25) is 0 Å². The second kappa shape index (κ2) is 10.2. The molecule has 0 spiro atoms. The van der Waals surface area contributed by atoms with E-state index < -0.39 is 22.7 Å². The van der Waals surface area contributed by atoms with Crippen molar-refractivity contribution in [2.24, 2.45) is 0 Å². The van der Waals surface area contributed by atoms with E-state index in [1.807, 2.05) is 35.2 Å². The number of aromatic nitrogens is 1. The molecule has 2 amide bonds. The Kier molecular flexibility index (Phi) is 7.31. The highest BCUT2D eigenvalue weighted by Gasteiger charge is 2.34. The second-order valence-corrected chi connectivity index (χ2v) is 8.39. The maximum absolute atomic E-state index is 12.9. The van der Waals surface area contributed by atoms with Gasteiger partial charge in [0.1, 0.15) is 12.2 Å². The average molecular weight is 457 g/mol. The monoisotopic (exact) mass is 457 g/mol. The number of anilines is 1. The van der Waals surface area contributed by atoms with Gasteiger partial charge in [-0.25, -0.2) is 19.6 Å². The molecule has 0 aliphatic carbocycles. The smallest absolute Gasteiger partial charge is 0.429 e. The van der Waals surface area contributed by atoms with E-state index in [2.05, 4.69) is 4.98 Å². The van der Waals surface area contributed by atoms with Gasteiger partial charge in [0.25, 0.3) is 0 Å². The molecule has 1 aromatic heterocycles. The third-order valence-corrected chi connectivity index (χ3v) is 4.76. The average Bonchev–Trinajstić information content (AvgIpc) is 3.00. The molecule has 1 aliphatic heterocycles. The van der Waals surface area contributed by atoms with Crippen LogP contribution in [0, 0.1) is 10.1 Å². The Bertz CT molecular complexity index is 977. The molecule has 176 valence electrons. The SMILES string of the molecule is CC(C)(C)OC(=O)N1CCN(c2ccc([N+](=O)[O-])nc2)CCN1C(=O)OCc1ccccc1. The molecule has 2 aromatic rings. The number of pyridine rings is 1. The number of carbonyl (C=O) groups is 2. The molecular formula is C22H27N5O6.